The number of hydrogen-bond acceptors (Lipinski definition) is 2. The predicted octanol–water partition coefficient (Wildman–Crippen LogP) is 3.69. The average Bonchev–Trinajstić information content (AvgIpc) is 2.57. The molecular weight excluding hydrogens is 300 g/mol. The van der Waals surface area contributed by atoms with Crippen molar-refractivity contribution in [2.75, 3.05) is 16.8 Å². The van der Waals surface area contributed by atoms with E-state index in [1.54, 1.807) is 0 Å². The predicted molar refractivity (Wildman–Crippen MR) is 96.2 cm³/mol. The van der Waals surface area contributed by atoms with Crippen LogP contribution in [0.5, 0.6) is 0 Å². The highest BCUT2D eigenvalue weighted by molar-refractivity contribution is 5.96. The Hall–Kier alpha value is -2.62. The highest BCUT2D eigenvalue weighted by Crippen LogP contribution is 2.27. The third-order valence-electron chi connectivity index (χ3n) is 4.30. The fourth-order valence-corrected chi connectivity index (χ4v) is 3.08. The van der Waals surface area contributed by atoms with Crippen LogP contribution in [0.2, 0.25) is 0 Å². The van der Waals surface area contributed by atoms with Crippen LogP contribution in [0.15, 0.2) is 48.5 Å². The number of carbonyl (C=O) groups is 2. The number of amides is 2. The highest BCUT2D eigenvalue weighted by Gasteiger charge is 2.21. The highest BCUT2D eigenvalue weighted by atomic mass is 16.2. The summed E-state index contributed by atoms with van der Waals surface area (Å²) in [6, 6.07) is 15.4. The van der Waals surface area contributed by atoms with Crippen LogP contribution in [0.3, 0.4) is 0 Å². The maximum Gasteiger partial charge on any atom is 0.228 e. The normalized spacial score (nSPS) is 14.5. The smallest absolute Gasteiger partial charge is 0.228 e. The summed E-state index contributed by atoms with van der Waals surface area (Å²) in [6.07, 6.45) is 2.99. The Labute approximate surface area is 142 Å². The molecule has 0 unspecified atom stereocenters. The second kappa shape index (κ2) is 7.30. The zero-order valence-corrected chi connectivity index (χ0v) is 13.9. The van der Waals surface area contributed by atoms with E-state index >= 15 is 0 Å². The molecule has 1 aliphatic heterocycles. The van der Waals surface area contributed by atoms with E-state index in [1.165, 1.54) is 0 Å². The summed E-state index contributed by atoms with van der Waals surface area (Å²) in [5.41, 5.74) is 3.70. The molecule has 0 atom stereocenters. The summed E-state index contributed by atoms with van der Waals surface area (Å²) in [5.74, 6) is 0.146. The van der Waals surface area contributed by atoms with Crippen LogP contribution in [0.1, 0.15) is 30.4 Å². The zero-order chi connectivity index (χ0) is 16.9. The van der Waals surface area contributed by atoms with Gasteiger partial charge in [-0.15, -0.1) is 0 Å². The molecule has 124 valence electrons. The Morgan fingerprint density at radius 3 is 2.62 bits per heavy atom. The molecule has 0 aliphatic carbocycles. The minimum absolute atomic E-state index is 0.0394. The topological polar surface area (TPSA) is 49.4 Å². The summed E-state index contributed by atoms with van der Waals surface area (Å²) < 4.78 is 0. The molecule has 1 fully saturated rings. The quantitative estimate of drug-likeness (QED) is 0.933. The molecule has 1 N–H and O–H groups in total. The summed E-state index contributed by atoms with van der Waals surface area (Å²) in [4.78, 5) is 26.1. The lowest BCUT2D eigenvalue weighted by molar-refractivity contribution is -0.119. The Morgan fingerprint density at radius 1 is 1.12 bits per heavy atom. The number of piperidine rings is 1. The Kier molecular flexibility index (Phi) is 4.94. The lowest BCUT2D eigenvalue weighted by Crippen LogP contribution is -2.35. The summed E-state index contributed by atoms with van der Waals surface area (Å²) in [6.45, 7) is 2.75. The van der Waals surface area contributed by atoms with Gasteiger partial charge in [0, 0.05) is 24.3 Å². The van der Waals surface area contributed by atoms with Crippen molar-refractivity contribution in [3.63, 3.8) is 0 Å². The molecule has 24 heavy (non-hydrogen) atoms. The van der Waals surface area contributed by atoms with E-state index in [9.17, 15) is 9.59 Å². The van der Waals surface area contributed by atoms with Gasteiger partial charge in [-0.3, -0.25) is 9.59 Å². The van der Waals surface area contributed by atoms with Crippen LogP contribution in [0, 0.1) is 6.92 Å². The molecule has 0 bridgehead atoms. The number of hydrogen-bond donors (Lipinski definition) is 1. The third-order valence-corrected chi connectivity index (χ3v) is 4.30. The molecule has 0 spiro atoms. The number of benzene rings is 2. The largest absolute Gasteiger partial charge is 0.326 e. The molecule has 2 amide bonds. The molecule has 0 aromatic heterocycles. The van der Waals surface area contributed by atoms with E-state index in [0.29, 0.717) is 12.8 Å². The molecule has 1 heterocycles. The van der Waals surface area contributed by atoms with Gasteiger partial charge in [0.25, 0.3) is 0 Å². The number of anilines is 2. The summed E-state index contributed by atoms with van der Waals surface area (Å²) in [5, 5.41) is 2.93. The van der Waals surface area contributed by atoms with Crippen molar-refractivity contribution in [3.8, 4) is 0 Å². The van der Waals surface area contributed by atoms with E-state index in [4.69, 9.17) is 0 Å². The van der Waals surface area contributed by atoms with E-state index in [0.717, 1.165) is 41.9 Å². The number of rotatable bonds is 4. The Bertz CT molecular complexity index is 741. The van der Waals surface area contributed by atoms with Gasteiger partial charge in [0.2, 0.25) is 11.8 Å². The van der Waals surface area contributed by atoms with Gasteiger partial charge in [0.1, 0.15) is 0 Å². The molecule has 1 aliphatic rings. The Balaban J connectivity index is 1.68. The lowest BCUT2D eigenvalue weighted by Gasteiger charge is -2.28. The van der Waals surface area contributed by atoms with Crippen molar-refractivity contribution in [1.82, 2.24) is 0 Å². The van der Waals surface area contributed by atoms with Gasteiger partial charge < -0.3 is 10.2 Å². The van der Waals surface area contributed by atoms with Crippen LogP contribution < -0.4 is 10.2 Å². The number of aryl methyl sites for hydroxylation is 1. The molecule has 2 aromatic carbocycles. The van der Waals surface area contributed by atoms with Crippen molar-refractivity contribution in [2.24, 2.45) is 0 Å². The van der Waals surface area contributed by atoms with Crippen LogP contribution in [-0.2, 0) is 16.0 Å². The Morgan fingerprint density at radius 2 is 1.92 bits per heavy atom. The molecular formula is C20H22N2O2. The lowest BCUT2D eigenvalue weighted by atomic mass is 10.1. The van der Waals surface area contributed by atoms with Crippen molar-refractivity contribution in [3.05, 3.63) is 59.7 Å². The third kappa shape index (κ3) is 3.82. The molecule has 1 saturated heterocycles. The van der Waals surface area contributed by atoms with Gasteiger partial charge in [-0.1, -0.05) is 30.3 Å². The van der Waals surface area contributed by atoms with Gasteiger partial charge in [0.05, 0.1) is 6.42 Å². The van der Waals surface area contributed by atoms with Crippen LogP contribution >= 0.6 is 0 Å². The van der Waals surface area contributed by atoms with Gasteiger partial charge in [-0.2, -0.15) is 0 Å². The van der Waals surface area contributed by atoms with Crippen LogP contribution in [-0.4, -0.2) is 18.4 Å². The van der Waals surface area contributed by atoms with Crippen molar-refractivity contribution in [1.29, 1.82) is 0 Å². The molecule has 4 heteroatoms. The van der Waals surface area contributed by atoms with Gasteiger partial charge in [0.15, 0.2) is 0 Å². The van der Waals surface area contributed by atoms with Gasteiger partial charge in [-0.05, 0) is 49.1 Å². The number of nitrogens with zero attached hydrogens (tertiary/aromatic N) is 1. The van der Waals surface area contributed by atoms with Gasteiger partial charge in [-0.25, -0.2) is 0 Å². The fraction of sp³-hybridized carbons (Fsp3) is 0.300. The monoisotopic (exact) mass is 322 g/mol. The molecule has 4 nitrogen and oxygen atoms in total. The van der Waals surface area contributed by atoms with E-state index < -0.39 is 0 Å². The van der Waals surface area contributed by atoms with Crippen molar-refractivity contribution >= 4 is 23.2 Å². The maximum absolute atomic E-state index is 12.2. The molecule has 2 aromatic rings. The molecule has 0 saturated carbocycles. The summed E-state index contributed by atoms with van der Waals surface area (Å²) in [7, 11) is 0. The van der Waals surface area contributed by atoms with Crippen molar-refractivity contribution < 1.29 is 9.59 Å². The minimum Gasteiger partial charge on any atom is -0.326 e. The van der Waals surface area contributed by atoms with Crippen LogP contribution in [0.25, 0.3) is 0 Å². The van der Waals surface area contributed by atoms with Crippen molar-refractivity contribution in [2.45, 2.75) is 32.6 Å². The first-order valence-corrected chi connectivity index (χ1v) is 8.38. The second-order valence-corrected chi connectivity index (χ2v) is 6.21. The fourth-order valence-electron chi connectivity index (χ4n) is 3.08. The van der Waals surface area contributed by atoms with Gasteiger partial charge >= 0.3 is 0 Å². The maximum atomic E-state index is 12.2. The van der Waals surface area contributed by atoms with E-state index in [1.807, 2.05) is 60.4 Å². The van der Waals surface area contributed by atoms with E-state index in [2.05, 4.69) is 5.32 Å². The average molecular weight is 322 g/mol. The number of carbonyl (C=O) groups excluding carboxylic acids is 2. The first-order chi connectivity index (χ1) is 11.6. The zero-order valence-electron chi connectivity index (χ0n) is 13.9. The van der Waals surface area contributed by atoms with Crippen LogP contribution in [0.4, 0.5) is 11.4 Å². The second-order valence-electron chi connectivity index (χ2n) is 6.21. The SMILES string of the molecule is Cc1cc(NC(=O)Cc2ccccc2)ccc1N1CCCCC1=O. The number of nitrogens with one attached hydrogen (secondary N) is 1. The molecule has 3 rings (SSSR count). The first-order valence-electron chi connectivity index (χ1n) is 8.38. The molecule has 0 radical (unpaired) electrons. The standard InChI is InChI=1S/C20H22N2O2/c1-15-13-17(21-19(23)14-16-7-3-2-4-8-16)10-11-18(15)22-12-6-5-9-20(22)24/h2-4,7-8,10-11,13H,5-6,9,12,14H2,1H3,(H,21,23). The van der Waals surface area contributed by atoms with E-state index in [-0.39, 0.29) is 11.8 Å². The first kappa shape index (κ1) is 16.2. The minimum atomic E-state index is -0.0394. The summed E-state index contributed by atoms with van der Waals surface area (Å²) >= 11 is 0.